The summed E-state index contributed by atoms with van der Waals surface area (Å²) in [7, 11) is 1.64. The fourth-order valence-electron chi connectivity index (χ4n) is 3.43. The van der Waals surface area contributed by atoms with Crippen LogP contribution in [0.5, 0.6) is 5.75 Å². The van der Waals surface area contributed by atoms with Crippen LogP contribution in [-0.2, 0) is 6.54 Å². The van der Waals surface area contributed by atoms with Crippen molar-refractivity contribution in [2.75, 3.05) is 20.2 Å². The summed E-state index contributed by atoms with van der Waals surface area (Å²) in [6, 6.07) is 7.60. The number of amides is 2. The highest BCUT2D eigenvalue weighted by Crippen LogP contribution is 2.24. The zero-order valence-corrected chi connectivity index (χ0v) is 15.7. The fourth-order valence-corrected chi connectivity index (χ4v) is 3.43. The molecule has 4 rings (SSSR count). The highest BCUT2D eigenvalue weighted by Gasteiger charge is 2.26. The van der Waals surface area contributed by atoms with Crippen LogP contribution in [0.15, 0.2) is 43.0 Å². The van der Waals surface area contributed by atoms with E-state index in [0.29, 0.717) is 13.1 Å². The van der Waals surface area contributed by atoms with Crippen LogP contribution in [0.1, 0.15) is 30.1 Å². The van der Waals surface area contributed by atoms with Crippen LogP contribution in [-0.4, -0.2) is 56.1 Å². The minimum Gasteiger partial charge on any atom is -0.497 e. The lowest BCUT2D eigenvalue weighted by Gasteiger charge is -2.31. The number of urea groups is 1. The van der Waals surface area contributed by atoms with Gasteiger partial charge in [0.05, 0.1) is 19.0 Å². The van der Waals surface area contributed by atoms with E-state index >= 15 is 0 Å². The maximum absolute atomic E-state index is 12.6. The van der Waals surface area contributed by atoms with E-state index in [1.54, 1.807) is 18.0 Å². The Morgan fingerprint density at radius 3 is 3.18 bits per heavy atom. The van der Waals surface area contributed by atoms with Crippen molar-refractivity contribution in [1.29, 1.82) is 0 Å². The highest BCUT2D eigenvalue weighted by atomic mass is 16.5. The van der Waals surface area contributed by atoms with Crippen LogP contribution in [0.3, 0.4) is 0 Å². The molecule has 0 saturated carbocycles. The summed E-state index contributed by atoms with van der Waals surface area (Å²) < 4.78 is 7.02. The molecule has 0 radical (unpaired) electrons. The van der Waals surface area contributed by atoms with E-state index in [-0.39, 0.29) is 11.9 Å². The van der Waals surface area contributed by atoms with Crippen LogP contribution in [0, 0.1) is 0 Å². The largest absolute Gasteiger partial charge is 0.497 e. The van der Waals surface area contributed by atoms with Crippen molar-refractivity contribution in [2.24, 2.45) is 0 Å². The number of rotatable bonds is 5. The van der Waals surface area contributed by atoms with Gasteiger partial charge in [-0.15, -0.1) is 0 Å². The molecule has 0 unspecified atom stereocenters. The van der Waals surface area contributed by atoms with Gasteiger partial charge in [0.25, 0.3) is 0 Å². The van der Waals surface area contributed by atoms with Gasteiger partial charge in [-0.3, -0.25) is 5.10 Å². The molecular formula is C19H23N7O2. The van der Waals surface area contributed by atoms with Crippen molar-refractivity contribution < 1.29 is 9.53 Å². The predicted octanol–water partition coefficient (Wildman–Crippen LogP) is 2.09. The van der Waals surface area contributed by atoms with Crippen LogP contribution < -0.4 is 10.1 Å². The highest BCUT2D eigenvalue weighted by molar-refractivity contribution is 5.74. The van der Waals surface area contributed by atoms with Crippen molar-refractivity contribution in [2.45, 2.75) is 25.3 Å². The zero-order valence-electron chi connectivity index (χ0n) is 15.7. The lowest BCUT2D eigenvalue weighted by molar-refractivity contribution is 0.178. The number of nitrogens with zero attached hydrogens (tertiary/aromatic N) is 5. The number of benzene rings is 1. The van der Waals surface area contributed by atoms with Crippen LogP contribution >= 0.6 is 0 Å². The number of aromatic amines is 1. The van der Waals surface area contributed by atoms with Crippen molar-refractivity contribution in [3.63, 3.8) is 0 Å². The average Bonchev–Trinajstić information content (AvgIpc) is 3.44. The van der Waals surface area contributed by atoms with Crippen molar-refractivity contribution in [1.82, 2.24) is 35.2 Å². The second kappa shape index (κ2) is 8.12. The Hall–Kier alpha value is -3.36. The van der Waals surface area contributed by atoms with Gasteiger partial charge in [0.1, 0.15) is 17.9 Å². The molecule has 1 atom stereocenters. The van der Waals surface area contributed by atoms with Gasteiger partial charge in [0.15, 0.2) is 0 Å². The Labute approximate surface area is 162 Å². The summed E-state index contributed by atoms with van der Waals surface area (Å²) in [5.74, 6) is 1.82. The minimum atomic E-state index is -0.0710. The Balaban J connectivity index is 1.34. The average molecular weight is 381 g/mol. The van der Waals surface area contributed by atoms with Gasteiger partial charge in [-0.1, -0.05) is 6.07 Å². The molecule has 146 valence electrons. The predicted molar refractivity (Wildman–Crippen MR) is 102 cm³/mol. The SMILES string of the molecule is COc1cccc(-n2cc(CNC(=O)N3CCC[C@H](c4ncn[nH]4)C3)cn2)c1. The molecule has 1 fully saturated rings. The quantitative estimate of drug-likeness (QED) is 0.705. The number of hydrogen-bond donors (Lipinski definition) is 2. The van der Waals surface area contributed by atoms with Crippen molar-refractivity contribution in [3.05, 3.63) is 54.4 Å². The van der Waals surface area contributed by atoms with E-state index in [1.807, 2.05) is 35.4 Å². The van der Waals surface area contributed by atoms with E-state index in [0.717, 1.165) is 42.2 Å². The number of H-pyrrole nitrogens is 1. The summed E-state index contributed by atoms with van der Waals surface area (Å²) in [5, 5.41) is 14.2. The van der Waals surface area contributed by atoms with Gasteiger partial charge in [-0.05, 0) is 25.0 Å². The Morgan fingerprint density at radius 1 is 1.43 bits per heavy atom. The molecule has 1 saturated heterocycles. The summed E-state index contributed by atoms with van der Waals surface area (Å²) in [4.78, 5) is 18.6. The fraction of sp³-hybridized carbons (Fsp3) is 0.368. The summed E-state index contributed by atoms with van der Waals surface area (Å²) in [6.07, 6.45) is 7.13. The molecule has 0 bridgehead atoms. The lowest BCUT2D eigenvalue weighted by Crippen LogP contribution is -2.44. The maximum atomic E-state index is 12.6. The number of likely N-dealkylation sites (tertiary alicyclic amines) is 1. The zero-order chi connectivity index (χ0) is 19.3. The van der Waals surface area contributed by atoms with Crippen LogP contribution in [0.2, 0.25) is 0 Å². The summed E-state index contributed by atoms with van der Waals surface area (Å²) in [6.45, 7) is 1.82. The second-order valence-electron chi connectivity index (χ2n) is 6.81. The van der Waals surface area contributed by atoms with E-state index in [1.165, 1.54) is 6.33 Å². The molecular weight excluding hydrogens is 358 g/mol. The third-order valence-corrected chi connectivity index (χ3v) is 4.93. The monoisotopic (exact) mass is 381 g/mol. The van der Waals surface area contributed by atoms with Gasteiger partial charge < -0.3 is 15.0 Å². The second-order valence-corrected chi connectivity index (χ2v) is 6.81. The lowest BCUT2D eigenvalue weighted by atomic mass is 9.98. The van der Waals surface area contributed by atoms with Gasteiger partial charge in [-0.25, -0.2) is 14.5 Å². The molecule has 1 aliphatic heterocycles. The number of piperidine rings is 1. The standard InChI is InChI=1S/C19H23N7O2/c1-28-17-6-2-5-16(8-17)26-11-14(10-23-26)9-20-19(27)25-7-3-4-15(12-25)18-21-13-22-24-18/h2,5-6,8,10-11,13,15H,3-4,7,9,12H2,1H3,(H,20,27)(H,21,22,24)/t15-/m0/s1. The summed E-state index contributed by atoms with van der Waals surface area (Å²) in [5.41, 5.74) is 1.84. The van der Waals surface area contributed by atoms with Crippen LogP contribution in [0.25, 0.3) is 5.69 Å². The molecule has 28 heavy (non-hydrogen) atoms. The van der Waals surface area contributed by atoms with E-state index in [9.17, 15) is 4.79 Å². The molecule has 0 spiro atoms. The molecule has 3 heterocycles. The number of ether oxygens (including phenoxy) is 1. The number of methoxy groups -OCH3 is 1. The molecule has 3 aromatic rings. The molecule has 0 aliphatic carbocycles. The molecule has 1 aromatic carbocycles. The molecule has 2 N–H and O–H groups in total. The smallest absolute Gasteiger partial charge is 0.317 e. The third-order valence-electron chi connectivity index (χ3n) is 4.93. The normalized spacial score (nSPS) is 16.8. The van der Waals surface area contributed by atoms with E-state index in [2.05, 4.69) is 25.6 Å². The van der Waals surface area contributed by atoms with Crippen LogP contribution in [0.4, 0.5) is 4.79 Å². The van der Waals surface area contributed by atoms with E-state index < -0.39 is 0 Å². The van der Waals surface area contributed by atoms with Crippen molar-refractivity contribution >= 4 is 6.03 Å². The topological polar surface area (TPSA) is 101 Å². The first-order valence-electron chi connectivity index (χ1n) is 9.29. The van der Waals surface area contributed by atoms with Gasteiger partial charge in [-0.2, -0.15) is 10.2 Å². The summed E-state index contributed by atoms with van der Waals surface area (Å²) >= 11 is 0. The van der Waals surface area contributed by atoms with E-state index in [4.69, 9.17) is 4.74 Å². The first kappa shape index (κ1) is 18.0. The van der Waals surface area contributed by atoms with Gasteiger partial charge in [0.2, 0.25) is 0 Å². The Morgan fingerprint density at radius 2 is 2.36 bits per heavy atom. The minimum absolute atomic E-state index is 0.0710. The molecule has 2 amide bonds. The molecule has 1 aliphatic rings. The third kappa shape index (κ3) is 3.98. The maximum Gasteiger partial charge on any atom is 0.317 e. The molecule has 2 aromatic heterocycles. The van der Waals surface area contributed by atoms with Gasteiger partial charge in [0, 0.05) is 43.4 Å². The number of hydrogen-bond acceptors (Lipinski definition) is 5. The number of carbonyl (C=O) groups excluding carboxylic acids is 1. The first-order valence-corrected chi connectivity index (χ1v) is 9.29. The first-order chi connectivity index (χ1) is 13.7. The number of nitrogens with one attached hydrogen (secondary N) is 2. The van der Waals surface area contributed by atoms with Gasteiger partial charge >= 0.3 is 6.03 Å². The Bertz CT molecular complexity index is 922. The molecule has 9 nitrogen and oxygen atoms in total. The number of aromatic nitrogens is 5. The number of carbonyl (C=O) groups is 1. The Kier molecular flexibility index (Phi) is 5.22. The van der Waals surface area contributed by atoms with Crippen molar-refractivity contribution in [3.8, 4) is 11.4 Å². The molecule has 9 heteroatoms.